The highest BCUT2D eigenvalue weighted by molar-refractivity contribution is 5.29. The van der Waals surface area contributed by atoms with Crippen LogP contribution in [0.2, 0.25) is 0 Å². The molecule has 0 atom stereocenters. The fraction of sp³-hybridized carbons (Fsp3) is 0.625. The van der Waals surface area contributed by atoms with E-state index < -0.39 is 5.60 Å². The van der Waals surface area contributed by atoms with Gasteiger partial charge in [-0.1, -0.05) is 38.1 Å². The highest BCUT2D eigenvalue weighted by atomic mass is 16.3. The first-order valence-corrected chi connectivity index (χ1v) is 6.70. The average molecular weight is 249 g/mol. The van der Waals surface area contributed by atoms with E-state index in [0.717, 1.165) is 0 Å². The van der Waals surface area contributed by atoms with E-state index in [1.807, 2.05) is 13.8 Å². The van der Waals surface area contributed by atoms with Gasteiger partial charge in [0.15, 0.2) is 0 Å². The first-order chi connectivity index (χ1) is 8.12. The van der Waals surface area contributed by atoms with Gasteiger partial charge in [0.25, 0.3) is 0 Å². The quantitative estimate of drug-likeness (QED) is 0.838. The fourth-order valence-electron chi connectivity index (χ4n) is 1.82. The van der Waals surface area contributed by atoms with Crippen molar-refractivity contribution in [1.29, 1.82) is 0 Å². The Bertz CT molecular complexity index is 371. The summed E-state index contributed by atoms with van der Waals surface area (Å²) in [5.41, 5.74) is 1.79. The molecule has 0 radical (unpaired) electrons. The normalized spacial score (nSPS) is 13.1. The van der Waals surface area contributed by atoms with Crippen molar-refractivity contribution < 1.29 is 5.11 Å². The Balaban J connectivity index is 2.78. The summed E-state index contributed by atoms with van der Waals surface area (Å²) in [7, 11) is 0. The van der Waals surface area contributed by atoms with E-state index in [9.17, 15) is 5.11 Å². The number of aliphatic hydroxyl groups is 1. The van der Waals surface area contributed by atoms with E-state index in [4.69, 9.17) is 0 Å². The number of rotatable bonds is 5. The van der Waals surface area contributed by atoms with Crippen LogP contribution in [0.15, 0.2) is 24.3 Å². The van der Waals surface area contributed by atoms with Crippen LogP contribution in [0.3, 0.4) is 0 Å². The van der Waals surface area contributed by atoms with E-state index in [-0.39, 0.29) is 5.54 Å². The summed E-state index contributed by atoms with van der Waals surface area (Å²) in [6, 6.07) is 8.72. The molecule has 0 bridgehead atoms. The van der Waals surface area contributed by atoms with Crippen LogP contribution in [0, 0.1) is 0 Å². The second-order valence-electron chi connectivity index (χ2n) is 6.57. The minimum Gasteiger partial charge on any atom is -0.389 e. The van der Waals surface area contributed by atoms with Crippen molar-refractivity contribution >= 4 is 0 Å². The van der Waals surface area contributed by atoms with Crippen molar-refractivity contribution in [3.63, 3.8) is 0 Å². The van der Waals surface area contributed by atoms with E-state index in [0.29, 0.717) is 12.5 Å². The van der Waals surface area contributed by atoms with Crippen LogP contribution in [-0.4, -0.2) is 17.3 Å². The summed E-state index contributed by atoms with van der Waals surface area (Å²) in [5.74, 6) is 0.562. The minimum atomic E-state index is -0.685. The van der Waals surface area contributed by atoms with E-state index in [1.54, 1.807) is 0 Å². The third-order valence-corrected chi connectivity index (χ3v) is 3.26. The summed E-state index contributed by atoms with van der Waals surface area (Å²) in [5, 5.41) is 13.2. The van der Waals surface area contributed by atoms with E-state index in [2.05, 4.69) is 57.3 Å². The number of hydrogen-bond acceptors (Lipinski definition) is 2. The van der Waals surface area contributed by atoms with Gasteiger partial charge in [0, 0.05) is 12.1 Å². The molecule has 2 nitrogen and oxygen atoms in total. The van der Waals surface area contributed by atoms with Crippen LogP contribution in [0.25, 0.3) is 0 Å². The second-order valence-corrected chi connectivity index (χ2v) is 6.57. The molecule has 0 saturated carbocycles. The standard InChI is InChI=1S/C16H27NO/c1-12(2)13-7-9-14(10-8-13)16(5,6)17-11-15(3,4)18/h7-10,12,17-18H,11H2,1-6H3. The predicted octanol–water partition coefficient (Wildman–Crippen LogP) is 3.41. The molecule has 0 aliphatic carbocycles. The summed E-state index contributed by atoms with van der Waals surface area (Å²) >= 11 is 0. The van der Waals surface area contributed by atoms with Crippen LogP contribution < -0.4 is 5.32 Å². The van der Waals surface area contributed by atoms with Gasteiger partial charge in [-0.05, 0) is 44.7 Å². The summed E-state index contributed by atoms with van der Waals surface area (Å²) in [6.45, 7) is 12.9. The Morgan fingerprint density at radius 3 is 1.94 bits per heavy atom. The molecule has 0 fully saturated rings. The maximum Gasteiger partial charge on any atom is 0.0715 e. The molecule has 2 N–H and O–H groups in total. The third kappa shape index (κ3) is 4.43. The molecule has 0 aliphatic heterocycles. The van der Waals surface area contributed by atoms with Gasteiger partial charge in [0.05, 0.1) is 5.60 Å². The monoisotopic (exact) mass is 249 g/mol. The van der Waals surface area contributed by atoms with Crippen molar-refractivity contribution in [2.24, 2.45) is 0 Å². The van der Waals surface area contributed by atoms with Crippen LogP contribution in [0.4, 0.5) is 0 Å². The van der Waals surface area contributed by atoms with Crippen molar-refractivity contribution in [2.45, 2.75) is 58.6 Å². The molecule has 102 valence electrons. The number of nitrogens with one attached hydrogen (secondary N) is 1. The minimum absolute atomic E-state index is 0.129. The Kier molecular flexibility index (Phi) is 4.57. The topological polar surface area (TPSA) is 32.3 Å². The average Bonchev–Trinajstić information content (AvgIpc) is 2.26. The second kappa shape index (κ2) is 5.41. The number of hydrogen-bond donors (Lipinski definition) is 2. The molecule has 0 amide bonds. The molecule has 0 saturated heterocycles. The van der Waals surface area contributed by atoms with Gasteiger partial charge in [-0.25, -0.2) is 0 Å². The van der Waals surface area contributed by atoms with Gasteiger partial charge in [0.2, 0.25) is 0 Å². The summed E-state index contributed by atoms with van der Waals surface area (Å²) in [6.07, 6.45) is 0. The lowest BCUT2D eigenvalue weighted by Gasteiger charge is -2.31. The molecule has 1 rings (SSSR count). The van der Waals surface area contributed by atoms with Crippen molar-refractivity contribution in [1.82, 2.24) is 5.32 Å². The first-order valence-electron chi connectivity index (χ1n) is 6.70. The van der Waals surface area contributed by atoms with Gasteiger partial charge >= 0.3 is 0 Å². The van der Waals surface area contributed by atoms with Gasteiger partial charge in [-0.3, -0.25) is 0 Å². The predicted molar refractivity (Wildman–Crippen MR) is 77.9 cm³/mol. The van der Waals surface area contributed by atoms with E-state index >= 15 is 0 Å². The lowest BCUT2D eigenvalue weighted by molar-refractivity contribution is 0.0710. The lowest BCUT2D eigenvalue weighted by atomic mass is 9.91. The highest BCUT2D eigenvalue weighted by Gasteiger charge is 2.23. The Labute approximate surface area is 111 Å². The van der Waals surface area contributed by atoms with Gasteiger partial charge in [0.1, 0.15) is 0 Å². The molecule has 0 aromatic heterocycles. The molecule has 1 aromatic carbocycles. The van der Waals surface area contributed by atoms with Crippen LogP contribution in [-0.2, 0) is 5.54 Å². The SMILES string of the molecule is CC(C)c1ccc(C(C)(C)NCC(C)(C)O)cc1. The van der Waals surface area contributed by atoms with Crippen molar-refractivity contribution in [3.05, 3.63) is 35.4 Å². The summed E-state index contributed by atoms with van der Waals surface area (Å²) in [4.78, 5) is 0. The van der Waals surface area contributed by atoms with Crippen molar-refractivity contribution in [3.8, 4) is 0 Å². The molecule has 0 heterocycles. The Morgan fingerprint density at radius 1 is 1.06 bits per heavy atom. The van der Waals surface area contributed by atoms with Gasteiger partial charge in [-0.2, -0.15) is 0 Å². The van der Waals surface area contributed by atoms with Crippen LogP contribution in [0.5, 0.6) is 0 Å². The highest BCUT2D eigenvalue weighted by Crippen LogP contribution is 2.23. The van der Waals surface area contributed by atoms with Crippen LogP contribution >= 0.6 is 0 Å². The van der Waals surface area contributed by atoms with Gasteiger partial charge < -0.3 is 10.4 Å². The lowest BCUT2D eigenvalue weighted by Crippen LogP contribution is -2.44. The molecule has 18 heavy (non-hydrogen) atoms. The summed E-state index contributed by atoms with van der Waals surface area (Å²) < 4.78 is 0. The first kappa shape index (κ1) is 15.2. The zero-order valence-electron chi connectivity index (χ0n) is 12.5. The van der Waals surface area contributed by atoms with E-state index in [1.165, 1.54) is 11.1 Å². The molecule has 0 unspecified atom stereocenters. The number of benzene rings is 1. The zero-order valence-corrected chi connectivity index (χ0v) is 12.5. The van der Waals surface area contributed by atoms with Crippen LogP contribution in [0.1, 0.15) is 58.6 Å². The maximum atomic E-state index is 9.78. The smallest absolute Gasteiger partial charge is 0.0715 e. The molecule has 1 aromatic rings. The van der Waals surface area contributed by atoms with Crippen molar-refractivity contribution in [2.75, 3.05) is 6.54 Å². The Morgan fingerprint density at radius 2 is 1.56 bits per heavy atom. The molecular weight excluding hydrogens is 222 g/mol. The Hall–Kier alpha value is -0.860. The molecular formula is C16H27NO. The largest absolute Gasteiger partial charge is 0.389 e. The fourth-order valence-corrected chi connectivity index (χ4v) is 1.82. The third-order valence-electron chi connectivity index (χ3n) is 3.26. The molecule has 2 heteroatoms. The zero-order chi connectivity index (χ0) is 14.0. The van der Waals surface area contributed by atoms with Gasteiger partial charge in [-0.15, -0.1) is 0 Å². The molecule has 0 aliphatic rings. The maximum absolute atomic E-state index is 9.78. The molecule has 0 spiro atoms.